The van der Waals surface area contributed by atoms with Crippen LogP contribution in [0.15, 0.2) is 58.6 Å². The molecular weight excluding hydrogens is 476 g/mol. The molecule has 0 aromatic heterocycles. The van der Waals surface area contributed by atoms with E-state index in [4.69, 9.17) is 4.99 Å². The lowest BCUT2D eigenvalue weighted by Gasteiger charge is -2.37. The Morgan fingerprint density at radius 1 is 1.03 bits per heavy atom. The summed E-state index contributed by atoms with van der Waals surface area (Å²) in [4.78, 5) is 49.5. The highest BCUT2D eigenvalue weighted by molar-refractivity contribution is 6.24. The molecule has 7 nitrogen and oxygen atoms in total. The number of aliphatic imine (C=N–C) groups is 2. The van der Waals surface area contributed by atoms with Gasteiger partial charge in [0.25, 0.3) is 0 Å². The van der Waals surface area contributed by atoms with Crippen LogP contribution in [0, 0.1) is 11.3 Å². The standard InChI is InChI=1S/C31H38N4O3/c1-30(18-10-7-15-25(30)36)28-23-13-5-6-14-24(23)32-21-26(33-28)34-29(38)31(19-8-2-9-20-31)35-27(37)17-16-22-11-3-4-12-22/h5-7,10,13-15,18,21-22,26H,2-4,8-9,11-12,16-17,19-20H2,1H3,(H,34,38)(H,35,37)/t26-,30?/m1/s1. The number of amides is 2. The Labute approximate surface area is 225 Å². The zero-order valence-corrected chi connectivity index (χ0v) is 22.2. The molecule has 0 spiro atoms. The molecule has 1 aromatic carbocycles. The Hall–Kier alpha value is -3.35. The van der Waals surface area contributed by atoms with E-state index in [0.29, 0.717) is 36.6 Å². The van der Waals surface area contributed by atoms with Gasteiger partial charge in [0, 0.05) is 18.2 Å². The number of carbonyl (C=O) groups excluding carboxylic acids is 3. The third-order valence-electron chi connectivity index (χ3n) is 8.63. The number of para-hydroxylation sites is 1. The zero-order chi connectivity index (χ0) is 26.6. The lowest BCUT2D eigenvalue weighted by molar-refractivity contribution is -0.135. The van der Waals surface area contributed by atoms with E-state index in [2.05, 4.69) is 15.6 Å². The molecule has 2 saturated carbocycles. The number of rotatable bonds is 7. The van der Waals surface area contributed by atoms with Crippen molar-refractivity contribution in [3.8, 4) is 0 Å². The topological polar surface area (TPSA) is 100.0 Å². The summed E-state index contributed by atoms with van der Waals surface area (Å²) in [6.07, 6.45) is 18.2. The van der Waals surface area contributed by atoms with Gasteiger partial charge in [0.15, 0.2) is 11.9 Å². The first-order chi connectivity index (χ1) is 18.4. The molecule has 0 saturated heterocycles. The lowest BCUT2D eigenvalue weighted by atomic mass is 9.75. The van der Waals surface area contributed by atoms with Gasteiger partial charge in [0.05, 0.1) is 16.8 Å². The maximum absolute atomic E-state index is 13.8. The normalized spacial score (nSPS) is 26.4. The van der Waals surface area contributed by atoms with Gasteiger partial charge in [-0.1, -0.05) is 81.4 Å². The fourth-order valence-electron chi connectivity index (χ4n) is 6.30. The molecule has 0 radical (unpaired) electrons. The Kier molecular flexibility index (Phi) is 7.73. The number of fused-ring (bicyclic) bond motifs is 1. The minimum atomic E-state index is -0.974. The van der Waals surface area contributed by atoms with Crippen molar-refractivity contribution in [2.24, 2.45) is 21.3 Å². The molecule has 38 heavy (non-hydrogen) atoms. The summed E-state index contributed by atoms with van der Waals surface area (Å²) in [5.41, 5.74) is 0.121. The minimum absolute atomic E-state index is 0.0442. The van der Waals surface area contributed by atoms with Gasteiger partial charge in [-0.2, -0.15) is 0 Å². The molecule has 2 amide bonds. The summed E-state index contributed by atoms with van der Waals surface area (Å²) in [5.74, 6) is 0.282. The Balaban J connectivity index is 1.38. The smallest absolute Gasteiger partial charge is 0.247 e. The Morgan fingerprint density at radius 3 is 2.55 bits per heavy atom. The number of hydrogen-bond donors (Lipinski definition) is 2. The predicted octanol–water partition coefficient (Wildman–Crippen LogP) is 5.12. The van der Waals surface area contributed by atoms with Crippen LogP contribution in [0.5, 0.6) is 0 Å². The largest absolute Gasteiger partial charge is 0.342 e. The van der Waals surface area contributed by atoms with E-state index in [1.165, 1.54) is 25.7 Å². The fraction of sp³-hybridized carbons (Fsp3) is 0.516. The summed E-state index contributed by atoms with van der Waals surface area (Å²) < 4.78 is 0. The van der Waals surface area contributed by atoms with E-state index in [9.17, 15) is 14.4 Å². The van der Waals surface area contributed by atoms with Crippen LogP contribution >= 0.6 is 0 Å². The van der Waals surface area contributed by atoms with Crippen molar-refractivity contribution in [2.45, 2.75) is 89.3 Å². The highest BCUT2D eigenvalue weighted by Crippen LogP contribution is 2.35. The van der Waals surface area contributed by atoms with Crippen LogP contribution in [0.25, 0.3) is 0 Å². The molecule has 1 aromatic rings. The van der Waals surface area contributed by atoms with Crippen LogP contribution in [-0.2, 0) is 14.4 Å². The Bertz CT molecular complexity index is 1200. The van der Waals surface area contributed by atoms with Gasteiger partial charge in [-0.05, 0) is 44.2 Å². The first-order valence-electron chi connectivity index (χ1n) is 14.1. The number of ketones is 1. The van der Waals surface area contributed by atoms with Gasteiger partial charge in [0.1, 0.15) is 5.54 Å². The van der Waals surface area contributed by atoms with Gasteiger partial charge in [0.2, 0.25) is 11.8 Å². The highest BCUT2D eigenvalue weighted by Gasteiger charge is 2.43. The average molecular weight is 515 g/mol. The van der Waals surface area contributed by atoms with Crippen LogP contribution in [0.2, 0.25) is 0 Å². The second-order valence-electron chi connectivity index (χ2n) is 11.4. The van der Waals surface area contributed by atoms with Crippen molar-refractivity contribution in [1.82, 2.24) is 10.6 Å². The minimum Gasteiger partial charge on any atom is -0.342 e. The van der Waals surface area contributed by atoms with Crippen LogP contribution in [-0.4, -0.2) is 41.2 Å². The van der Waals surface area contributed by atoms with Crippen LogP contribution < -0.4 is 10.6 Å². The Morgan fingerprint density at radius 2 is 1.79 bits per heavy atom. The van der Waals surface area contributed by atoms with E-state index in [1.54, 1.807) is 18.4 Å². The van der Waals surface area contributed by atoms with Crippen molar-refractivity contribution in [3.63, 3.8) is 0 Å². The number of nitrogens with zero attached hydrogens (tertiary/aromatic N) is 2. The maximum atomic E-state index is 13.8. The van der Waals surface area contributed by atoms with E-state index in [1.807, 2.05) is 43.3 Å². The summed E-state index contributed by atoms with van der Waals surface area (Å²) in [5, 5.41) is 6.21. The third-order valence-corrected chi connectivity index (χ3v) is 8.63. The average Bonchev–Trinajstić information content (AvgIpc) is 3.38. The number of nitrogens with one attached hydrogen (secondary N) is 2. The summed E-state index contributed by atoms with van der Waals surface area (Å²) in [7, 11) is 0. The van der Waals surface area contributed by atoms with E-state index in [-0.39, 0.29) is 17.6 Å². The molecule has 200 valence electrons. The van der Waals surface area contributed by atoms with Crippen molar-refractivity contribution < 1.29 is 14.4 Å². The first-order valence-corrected chi connectivity index (χ1v) is 14.1. The molecule has 1 heterocycles. The number of allylic oxidation sites excluding steroid dienone is 4. The predicted molar refractivity (Wildman–Crippen MR) is 150 cm³/mol. The number of carbonyl (C=O) groups is 3. The maximum Gasteiger partial charge on any atom is 0.247 e. The summed E-state index contributed by atoms with van der Waals surface area (Å²) in [6.45, 7) is 1.85. The van der Waals surface area contributed by atoms with Crippen molar-refractivity contribution in [1.29, 1.82) is 0 Å². The number of hydrogen-bond acceptors (Lipinski definition) is 5. The van der Waals surface area contributed by atoms with E-state index < -0.39 is 17.1 Å². The SMILES string of the molecule is CC1(C2=N[C@H](NC(=O)C3(NC(=O)CCC4CCCC4)CCCCC3)C=Nc3ccccc32)C=CC=CC1=O. The molecule has 2 atom stereocenters. The van der Waals surface area contributed by atoms with Gasteiger partial charge < -0.3 is 10.6 Å². The first kappa shape index (κ1) is 26.3. The zero-order valence-electron chi connectivity index (χ0n) is 22.2. The molecule has 5 rings (SSSR count). The van der Waals surface area contributed by atoms with E-state index >= 15 is 0 Å². The summed E-state index contributed by atoms with van der Waals surface area (Å²) >= 11 is 0. The van der Waals surface area contributed by atoms with Crippen molar-refractivity contribution in [2.75, 3.05) is 0 Å². The molecule has 2 fully saturated rings. The molecule has 3 aliphatic carbocycles. The van der Waals surface area contributed by atoms with Gasteiger partial charge in [-0.3, -0.25) is 24.4 Å². The quantitative estimate of drug-likeness (QED) is 0.528. The summed E-state index contributed by atoms with van der Waals surface area (Å²) in [6, 6.07) is 7.59. The van der Waals surface area contributed by atoms with Gasteiger partial charge in [-0.25, -0.2) is 0 Å². The molecule has 4 aliphatic rings. The van der Waals surface area contributed by atoms with Crippen LogP contribution in [0.4, 0.5) is 5.69 Å². The second kappa shape index (κ2) is 11.2. The second-order valence-corrected chi connectivity index (χ2v) is 11.4. The number of benzene rings is 1. The van der Waals surface area contributed by atoms with Crippen LogP contribution in [0.1, 0.15) is 83.1 Å². The molecule has 0 bridgehead atoms. The highest BCUT2D eigenvalue weighted by atomic mass is 16.2. The van der Waals surface area contributed by atoms with E-state index in [0.717, 1.165) is 31.2 Å². The van der Waals surface area contributed by atoms with Crippen LogP contribution in [0.3, 0.4) is 0 Å². The monoisotopic (exact) mass is 514 g/mol. The third kappa shape index (κ3) is 5.42. The molecule has 2 N–H and O–H groups in total. The molecule has 1 aliphatic heterocycles. The van der Waals surface area contributed by atoms with Crippen molar-refractivity contribution >= 4 is 35.2 Å². The van der Waals surface area contributed by atoms with Gasteiger partial charge >= 0.3 is 0 Å². The fourth-order valence-corrected chi connectivity index (χ4v) is 6.30. The molecular formula is C31H38N4O3. The molecule has 7 heteroatoms. The van der Waals surface area contributed by atoms with Gasteiger partial charge in [-0.15, -0.1) is 0 Å². The molecule has 1 unspecified atom stereocenters. The lowest BCUT2D eigenvalue weighted by Crippen LogP contribution is -2.61. The van der Waals surface area contributed by atoms with Crippen molar-refractivity contribution in [3.05, 3.63) is 54.1 Å².